The fourth-order valence-electron chi connectivity index (χ4n) is 0.964. The van der Waals surface area contributed by atoms with Crippen molar-refractivity contribution in [2.24, 2.45) is 0 Å². The highest BCUT2D eigenvalue weighted by Gasteiger charge is 1.99. The molecule has 1 aromatic carbocycles. The molecule has 0 atom stereocenters. The largest absolute Gasteiger partial charge is 0.207 e. The Morgan fingerprint density at radius 2 is 2.27 bits per heavy atom. The molecule has 0 unspecified atom stereocenters. The molecule has 0 radical (unpaired) electrons. The number of hydrogen-bond acceptors (Lipinski definition) is 1. The summed E-state index contributed by atoms with van der Waals surface area (Å²) in [5.41, 5.74) is 1.33. The Bertz CT molecular complexity index is 303. The summed E-state index contributed by atoms with van der Waals surface area (Å²) in [5, 5.41) is 8.57. The number of hydrogen-bond donors (Lipinski definition) is 0. The van der Waals surface area contributed by atoms with Gasteiger partial charge < -0.3 is 0 Å². The topological polar surface area (TPSA) is 23.8 Å². The van der Waals surface area contributed by atoms with E-state index >= 15 is 0 Å². The summed E-state index contributed by atoms with van der Waals surface area (Å²) < 4.78 is 12.6. The van der Waals surface area contributed by atoms with Crippen molar-refractivity contribution in [2.75, 3.05) is 0 Å². The van der Waals surface area contributed by atoms with Gasteiger partial charge in [0.05, 0.1) is 11.6 Å². The average molecular weight is 147 g/mol. The van der Waals surface area contributed by atoms with Crippen LogP contribution in [0.5, 0.6) is 0 Å². The molecular weight excluding hydrogens is 140 g/mol. The smallest absolute Gasteiger partial charge is 0.123 e. The number of benzene rings is 1. The predicted molar refractivity (Wildman–Crippen MR) is 43.4 cm³/mol. The third-order valence-electron chi connectivity index (χ3n) is 1.57. The van der Waals surface area contributed by atoms with Crippen molar-refractivity contribution in [3.05, 3.63) is 35.1 Å². The number of rotatable bonds is 1. The van der Waals surface area contributed by atoms with E-state index in [9.17, 15) is 4.39 Å². The van der Waals surface area contributed by atoms with Crippen LogP contribution in [0.1, 0.15) is 11.1 Å². The first-order chi connectivity index (χ1) is 5.27. The van der Waals surface area contributed by atoms with Gasteiger partial charge in [0.2, 0.25) is 0 Å². The van der Waals surface area contributed by atoms with Crippen molar-refractivity contribution in [2.45, 2.75) is 6.32 Å². The van der Waals surface area contributed by atoms with Crippen molar-refractivity contribution in [3.63, 3.8) is 0 Å². The highest BCUT2D eigenvalue weighted by molar-refractivity contribution is 6.08. The van der Waals surface area contributed by atoms with Crippen LogP contribution in [0.15, 0.2) is 18.2 Å². The number of halogens is 1. The third kappa shape index (κ3) is 1.59. The molecule has 0 saturated heterocycles. The van der Waals surface area contributed by atoms with Gasteiger partial charge in [0.25, 0.3) is 0 Å². The average Bonchev–Trinajstić information content (AvgIpc) is 2.04. The lowest BCUT2D eigenvalue weighted by atomic mass is 9.93. The monoisotopic (exact) mass is 147 g/mol. The van der Waals surface area contributed by atoms with Gasteiger partial charge in [-0.25, -0.2) is 4.39 Å². The summed E-state index contributed by atoms with van der Waals surface area (Å²) in [6.07, 6.45) is 0.695. The molecule has 0 N–H and O–H groups in total. The van der Waals surface area contributed by atoms with Crippen molar-refractivity contribution in [1.82, 2.24) is 0 Å². The van der Waals surface area contributed by atoms with Gasteiger partial charge in [-0.1, -0.05) is 6.32 Å². The quantitative estimate of drug-likeness (QED) is 0.539. The molecule has 0 heterocycles. The maximum Gasteiger partial charge on any atom is 0.123 e. The maximum absolute atomic E-state index is 12.6. The van der Waals surface area contributed by atoms with Crippen molar-refractivity contribution in [1.29, 1.82) is 5.26 Å². The molecule has 54 valence electrons. The number of nitrogens with zero attached hydrogens (tertiary/aromatic N) is 1. The lowest BCUT2D eigenvalue weighted by molar-refractivity contribution is 0.626. The summed E-state index contributed by atoms with van der Waals surface area (Å²) in [5.74, 6) is -0.277. The van der Waals surface area contributed by atoms with E-state index < -0.39 is 0 Å². The van der Waals surface area contributed by atoms with E-state index in [0.717, 1.165) is 5.56 Å². The van der Waals surface area contributed by atoms with Crippen molar-refractivity contribution >= 4 is 7.85 Å². The zero-order chi connectivity index (χ0) is 8.27. The van der Waals surface area contributed by atoms with Gasteiger partial charge in [-0.05, 0) is 23.8 Å². The lowest BCUT2D eigenvalue weighted by Crippen LogP contribution is -1.90. The summed E-state index contributed by atoms with van der Waals surface area (Å²) in [4.78, 5) is 0. The Balaban J connectivity index is 3.19. The summed E-state index contributed by atoms with van der Waals surface area (Å²) in [6, 6.07) is 6.22. The van der Waals surface area contributed by atoms with Crippen LogP contribution in [-0.4, -0.2) is 7.85 Å². The highest BCUT2D eigenvalue weighted by atomic mass is 19.1. The van der Waals surface area contributed by atoms with Gasteiger partial charge >= 0.3 is 0 Å². The van der Waals surface area contributed by atoms with E-state index in [0.29, 0.717) is 11.9 Å². The molecule has 0 aliphatic carbocycles. The fraction of sp³-hybridized carbons (Fsp3) is 0.125. The van der Waals surface area contributed by atoms with E-state index in [1.54, 1.807) is 0 Å². The minimum Gasteiger partial charge on any atom is -0.207 e. The molecule has 0 saturated carbocycles. The Morgan fingerprint density at radius 3 is 2.82 bits per heavy atom. The van der Waals surface area contributed by atoms with Gasteiger partial charge in [0, 0.05) is 0 Å². The normalized spacial score (nSPS) is 9.09. The Morgan fingerprint density at radius 1 is 1.55 bits per heavy atom. The zero-order valence-electron chi connectivity index (χ0n) is 6.26. The second kappa shape index (κ2) is 3.20. The molecule has 0 spiro atoms. The van der Waals surface area contributed by atoms with Gasteiger partial charge in [0.15, 0.2) is 0 Å². The molecule has 1 rings (SSSR count). The van der Waals surface area contributed by atoms with E-state index in [-0.39, 0.29) is 5.82 Å². The molecule has 0 fully saturated rings. The first-order valence-electron chi connectivity index (χ1n) is 3.46. The van der Waals surface area contributed by atoms with Crippen LogP contribution < -0.4 is 0 Å². The molecular formula is C8H7BFN. The van der Waals surface area contributed by atoms with E-state index in [4.69, 9.17) is 5.26 Å². The maximum atomic E-state index is 12.6. The summed E-state index contributed by atoms with van der Waals surface area (Å²) >= 11 is 0. The first kappa shape index (κ1) is 7.81. The summed E-state index contributed by atoms with van der Waals surface area (Å²) in [7, 11) is 1.90. The van der Waals surface area contributed by atoms with E-state index in [2.05, 4.69) is 0 Å². The lowest BCUT2D eigenvalue weighted by Gasteiger charge is -1.98. The van der Waals surface area contributed by atoms with E-state index in [1.807, 2.05) is 13.9 Å². The highest BCUT2D eigenvalue weighted by Crippen LogP contribution is 2.09. The fourth-order valence-corrected chi connectivity index (χ4v) is 0.964. The zero-order valence-corrected chi connectivity index (χ0v) is 6.26. The van der Waals surface area contributed by atoms with Crippen LogP contribution in [0, 0.1) is 17.1 Å². The van der Waals surface area contributed by atoms with Crippen molar-refractivity contribution in [3.8, 4) is 6.07 Å². The van der Waals surface area contributed by atoms with Gasteiger partial charge in [0.1, 0.15) is 13.7 Å². The standard InChI is InChI=1S/C8H7BFN/c9-4-7-3-8(10)2-1-6(7)5-11/h1-3H,4,9H2. The molecule has 0 aliphatic heterocycles. The Kier molecular flexibility index (Phi) is 2.27. The van der Waals surface area contributed by atoms with Gasteiger partial charge in [-0.15, -0.1) is 0 Å². The second-order valence-corrected chi connectivity index (χ2v) is 2.27. The van der Waals surface area contributed by atoms with Crippen molar-refractivity contribution < 1.29 is 4.39 Å². The molecule has 0 amide bonds. The molecule has 11 heavy (non-hydrogen) atoms. The minimum atomic E-state index is -0.277. The SMILES string of the molecule is BCc1cc(F)ccc1C#N. The second-order valence-electron chi connectivity index (χ2n) is 2.27. The number of nitriles is 1. The van der Waals surface area contributed by atoms with Gasteiger partial charge in [-0.3, -0.25) is 0 Å². The van der Waals surface area contributed by atoms with Crippen LogP contribution >= 0.6 is 0 Å². The van der Waals surface area contributed by atoms with Crippen LogP contribution in [0.2, 0.25) is 0 Å². The Labute approximate surface area is 65.9 Å². The molecule has 0 aromatic heterocycles. The van der Waals surface area contributed by atoms with Crippen LogP contribution in [0.25, 0.3) is 0 Å². The third-order valence-corrected chi connectivity index (χ3v) is 1.57. The molecule has 3 heteroatoms. The molecule has 1 nitrogen and oxygen atoms in total. The van der Waals surface area contributed by atoms with Crippen LogP contribution in [-0.2, 0) is 6.32 Å². The molecule has 0 aliphatic rings. The van der Waals surface area contributed by atoms with E-state index in [1.165, 1.54) is 18.2 Å². The molecule has 1 aromatic rings. The molecule has 0 bridgehead atoms. The summed E-state index contributed by atoms with van der Waals surface area (Å²) in [6.45, 7) is 0. The van der Waals surface area contributed by atoms with Gasteiger partial charge in [-0.2, -0.15) is 5.26 Å². The van der Waals surface area contributed by atoms with Crippen LogP contribution in [0.4, 0.5) is 4.39 Å². The Hall–Kier alpha value is -1.30. The first-order valence-corrected chi connectivity index (χ1v) is 3.46. The van der Waals surface area contributed by atoms with Crippen LogP contribution in [0.3, 0.4) is 0 Å². The predicted octanol–water partition coefficient (Wildman–Crippen LogP) is 0.830. The minimum absolute atomic E-state index is 0.277.